The second-order valence-electron chi connectivity index (χ2n) is 4.48. The summed E-state index contributed by atoms with van der Waals surface area (Å²) in [6.07, 6.45) is 3.39. The van der Waals surface area contributed by atoms with Crippen LogP contribution in [0, 0.1) is 5.92 Å². The van der Waals surface area contributed by atoms with Crippen LogP contribution in [-0.4, -0.2) is 51.8 Å². The summed E-state index contributed by atoms with van der Waals surface area (Å²) >= 11 is 0. The van der Waals surface area contributed by atoms with Gasteiger partial charge in [-0.2, -0.15) is 0 Å². The van der Waals surface area contributed by atoms with E-state index in [4.69, 9.17) is 10.2 Å². The lowest BCUT2D eigenvalue weighted by molar-refractivity contribution is 0.0696. The number of anilines is 1. The van der Waals surface area contributed by atoms with Crippen LogP contribution in [0.15, 0.2) is 18.5 Å². The SMILES string of the molecule is O=C(O)c1cncc(NC(=O)N2CCC(CO)C2)c1. The van der Waals surface area contributed by atoms with Gasteiger partial charge in [-0.1, -0.05) is 0 Å². The van der Waals surface area contributed by atoms with Crippen molar-refractivity contribution < 1.29 is 19.8 Å². The van der Waals surface area contributed by atoms with E-state index < -0.39 is 5.97 Å². The normalized spacial score (nSPS) is 18.4. The summed E-state index contributed by atoms with van der Waals surface area (Å²) < 4.78 is 0. The first kappa shape index (κ1) is 13.3. The van der Waals surface area contributed by atoms with Crippen molar-refractivity contribution in [2.75, 3.05) is 25.0 Å². The third-order valence-corrected chi connectivity index (χ3v) is 3.07. The molecule has 7 heteroatoms. The number of aliphatic hydroxyl groups is 1. The molecule has 102 valence electrons. The highest BCUT2D eigenvalue weighted by Gasteiger charge is 2.25. The summed E-state index contributed by atoms with van der Waals surface area (Å²) in [7, 11) is 0. The van der Waals surface area contributed by atoms with Gasteiger partial charge < -0.3 is 20.4 Å². The minimum atomic E-state index is -1.09. The molecule has 1 saturated heterocycles. The molecule has 1 aliphatic heterocycles. The molecule has 0 aromatic carbocycles. The van der Waals surface area contributed by atoms with Crippen molar-refractivity contribution in [1.29, 1.82) is 0 Å². The van der Waals surface area contributed by atoms with Gasteiger partial charge in [0.2, 0.25) is 0 Å². The Balaban J connectivity index is 1.99. The highest BCUT2D eigenvalue weighted by atomic mass is 16.4. The number of rotatable bonds is 3. The van der Waals surface area contributed by atoms with Gasteiger partial charge in [-0.25, -0.2) is 9.59 Å². The summed E-state index contributed by atoms with van der Waals surface area (Å²) in [4.78, 5) is 28.1. The fourth-order valence-electron chi connectivity index (χ4n) is 1.99. The smallest absolute Gasteiger partial charge is 0.337 e. The molecule has 0 aliphatic carbocycles. The molecule has 3 N–H and O–H groups in total. The monoisotopic (exact) mass is 265 g/mol. The molecule has 1 aliphatic rings. The van der Waals surface area contributed by atoms with E-state index in [0.717, 1.165) is 6.42 Å². The number of hydrogen-bond donors (Lipinski definition) is 3. The van der Waals surface area contributed by atoms with Crippen molar-refractivity contribution in [3.05, 3.63) is 24.0 Å². The van der Waals surface area contributed by atoms with Crippen molar-refractivity contribution in [1.82, 2.24) is 9.88 Å². The Morgan fingerprint density at radius 3 is 2.89 bits per heavy atom. The van der Waals surface area contributed by atoms with Crippen LogP contribution in [0.2, 0.25) is 0 Å². The van der Waals surface area contributed by atoms with Gasteiger partial charge in [0.15, 0.2) is 0 Å². The Morgan fingerprint density at radius 2 is 2.26 bits per heavy atom. The molecule has 2 rings (SSSR count). The number of carbonyl (C=O) groups is 2. The van der Waals surface area contributed by atoms with Gasteiger partial charge in [0.1, 0.15) is 0 Å². The third-order valence-electron chi connectivity index (χ3n) is 3.07. The molecule has 2 amide bonds. The summed E-state index contributed by atoms with van der Waals surface area (Å²) in [5.74, 6) is -0.973. The maximum atomic E-state index is 11.9. The van der Waals surface area contributed by atoms with Gasteiger partial charge in [-0.05, 0) is 12.5 Å². The van der Waals surface area contributed by atoms with E-state index in [9.17, 15) is 9.59 Å². The number of aliphatic hydroxyl groups excluding tert-OH is 1. The van der Waals surface area contributed by atoms with E-state index in [0.29, 0.717) is 18.8 Å². The zero-order chi connectivity index (χ0) is 13.8. The standard InChI is InChI=1S/C12H15N3O4/c16-7-8-1-2-15(6-8)12(19)14-10-3-9(11(17)18)4-13-5-10/h3-5,8,16H,1-2,6-7H2,(H,14,19)(H,17,18). The Morgan fingerprint density at radius 1 is 1.47 bits per heavy atom. The van der Waals surface area contributed by atoms with Gasteiger partial charge in [0, 0.05) is 31.8 Å². The lowest BCUT2D eigenvalue weighted by atomic mass is 10.1. The number of likely N-dealkylation sites (tertiary alicyclic amines) is 1. The van der Waals surface area contributed by atoms with Crippen LogP contribution in [0.3, 0.4) is 0 Å². The lowest BCUT2D eigenvalue weighted by Gasteiger charge is -2.17. The van der Waals surface area contributed by atoms with Crippen molar-refractivity contribution in [3.8, 4) is 0 Å². The molecule has 0 bridgehead atoms. The summed E-state index contributed by atoms with van der Waals surface area (Å²) in [5.41, 5.74) is 0.366. The van der Waals surface area contributed by atoms with Crippen LogP contribution in [0.4, 0.5) is 10.5 Å². The Hall–Kier alpha value is -2.15. The van der Waals surface area contributed by atoms with Gasteiger partial charge in [0.05, 0.1) is 17.4 Å². The lowest BCUT2D eigenvalue weighted by Crippen LogP contribution is -2.33. The maximum absolute atomic E-state index is 11.9. The van der Waals surface area contributed by atoms with Crippen LogP contribution in [0.1, 0.15) is 16.8 Å². The highest BCUT2D eigenvalue weighted by Crippen LogP contribution is 2.17. The van der Waals surface area contributed by atoms with E-state index in [1.807, 2.05) is 0 Å². The van der Waals surface area contributed by atoms with E-state index in [1.54, 1.807) is 4.90 Å². The van der Waals surface area contributed by atoms with E-state index in [2.05, 4.69) is 10.3 Å². The first-order valence-electron chi connectivity index (χ1n) is 5.95. The fraction of sp³-hybridized carbons (Fsp3) is 0.417. The highest BCUT2D eigenvalue weighted by molar-refractivity contribution is 5.92. The van der Waals surface area contributed by atoms with Gasteiger partial charge >= 0.3 is 12.0 Å². The van der Waals surface area contributed by atoms with Crippen LogP contribution < -0.4 is 5.32 Å². The largest absolute Gasteiger partial charge is 0.478 e. The molecule has 1 unspecified atom stereocenters. The third kappa shape index (κ3) is 3.19. The molecule has 1 aromatic heterocycles. The molecular weight excluding hydrogens is 250 g/mol. The Labute approximate surface area is 109 Å². The molecule has 7 nitrogen and oxygen atoms in total. The molecule has 0 spiro atoms. The van der Waals surface area contributed by atoms with Gasteiger partial charge in [0.25, 0.3) is 0 Å². The van der Waals surface area contributed by atoms with E-state index in [-0.39, 0.29) is 24.1 Å². The summed E-state index contributed by atoms with van der Waals surface area (Å²) in [6, 6.07) is 1.05. The number of aromatic nitrogens is 1. The van der Waals surface area contributed by atoms with Crippen molar-refractivity contribution >= 4 is 17.7 Å². The zero-order valence-corrected chi connectivity index (χ0v) is 10.2. The minimum Gasteiger partial charge on any atom is -0.478 e. The number of nitrogens with zero attached hydrogens (tertiary/aromatic N) is 2. The van der Waals surface area contributed by atoms with Crippen LogP contribution in [-0.2, 0) is 0 Å². The van der Waals surface area contributed by atoms with Crippen LogP contribution in [0.5, 0.6) is 0 Å². The number of nitrogens with one attached hydrogen (secondary N) is 1. The first-order valence-corrected chi connectivity index (χ1v) is 5.95. The Bertz CT molecular complexity index is 492. The summed E-state index contributed by atoms with van der Waals surface area (Å²) in [6.45, 7) is 1.16. The number of hydrogen-bond acceptors (Lipinski definition) is 4. The quantitative estimate of drug-likeness (QED) is 0.743. The minimum absolute atomic E-state index is 0.0208. The molecule has 1 fully saturated rings. The maximum Gasteiger partial charge on any atom is 0.337 e. The molecule has 1 aromatic rings. The first-order chi connectivity index (χ1) is 9.10. The summed E-state index contributed by atoms with van der Waals surface area (Å²) in [5, 5.41) is 20.5. The number of amides is 2. The number of carbonyl (C=O) groups excluding carboxylic acids is 1. The van der Waals surface area contributed by atoms with Crippen LogP contribution in [0.25, 0.3) is 0 Å². The van der Waals surface area contributed by atoms with Crippen molar-refractivity contribution in [3.63, 3.8) is 0 Å². The predicted octanol–water partition coefficient (Wildman–Crippen LogP) is 0.626. The van der Waals surface area contributed by atoms with Gasteiger partial charge in [-0.15, -0.1) is 0 Å². The van der Waals surface area contributed by atoms with Crippen molar-refractivity contribution in [2.24, 2.45) is 5.92 Å². The molecule has 2 heterocycles. The van der Waals surface area contributed by atoms with Crippen LogP contribution >= 0.6 is 0 Å². The second-order valence-corrected chi connectivity index (χ2v) is 4.48. The zero-order valence-electron chi connectivity index (χ0n) is 10.2. The molecule has 19 heavy (non-hydrogen) atoms. The second kappa shape index (κ2) is 5.66. The van der Waals surface area contributed by atoms with E-state index >= 15 is 0 Å². The number of pyridine rings is 1. The van der Waals surface area contributed by atoms with Crippen molar-refractivity contribution in [2.45, 2.75) is 6.42 Å². The molecular formula is C12H15N3O4. The molecule has 1 atom stereocenters. The van der Waals surface area contributed by atoms with Gasteiger partial charge in [-0.3, -0.25) is 4.98 Å². The number of carboxylic acids is 1. The fourth-order valence-corrected chi connectivity index (χ4v) is 1.99. The average Bonchev–Trinajstić information content (AvgIpc) is 2.88. The number of carboxylic acid groups (broad SMARTS) is 1. The topological polar surface area (TPSA) is 103 Å². The number of urea groups is 1. The Kier molecular flexibility index (Phi) is 3.96. The average molecular weight is 265 g/mol. The molecule has 0 saturated carbocycles. The van der Waals surface area contributed by atoms with E-state index in [1.165, 1.54) is 18.5 Å². The predicted molar refractivity (Wildman–Crippen MR) is 67.0 cm³/mol. The molecule has 0 radical (unpaired) electrons. The number of aromatic carboxylic acids is 1.